The predicted octanol–water partition coefficient (Wildman–Crippen LogP) is 4.15. The van der Waals surface area contributed by atoms with Gasteiger partial charge in [0.25, 0.3) is 5.91 Å². The second-order valence-electron chi connectivity index (χ2n) is 12.2. The van der Waals surface area contributed by atoms with Crippen LogP contribution in [0.4, 0.5) is 11.8 Å². The zero-order valence-electron chi connectivity index (χ0n) is 26.1. The number of carbonyl (C=O) groups excluding carboxylic acids is 2. The first-order chi connectivity index (χ1) is 21.8. The third kappa shape index (κ3) is 7.05. The lowest BCUT2D eigenvalue weighted by molar-refractivity contribution is -0.125. The number of likely N-dealkylation sites (N-methyl/N-ethyl adjacent to an activating group) is 1. The van der Waals surface area contributed by atoms with Crippen LogP contribution in [-0.4, -0.2) is 95.1 Å². The second-order valence-corrected chi connectivity index (χ2v) is 12.6. The molecule has 45 heavy (non-hydrogen) atoms. The summed E-state index contributed by atoms with van der Waals surface area (Å²) in [7, 11) is 2.14. The number of pyridine rings is 1. The van der Waals surface area contributed by atoms with Crippen LogP contribution in [0.3, 0.4) is 0 Å². The fraction of sp³-hybridized carbons (Fsp3) is 0.485. The number of rotatable bonds is 8. The number of benzene rings is 1. The van der Waals surface area contributed by atoms with Gasteiger partial charge >= 0.3 is 0 Å². The molecule has 5 heterocycles. The molecule has 0 aliphatic carbocycles. The van der Waals surface area contributed by atoms with E-state index >= 15 is 0 Å². The van der Waals surface area contributed by atoms with Crippen molar-refractivity contribution in [3.05, 3.63) is 64.4 Å². The van der Waals surface area contributed by atoms with Crippen LogP contribution in [0.1, 0.15) is 60.8 Å². The van der Waals surface area contributed by atoms with Crippen molar-refractivity contribution in [2.45, 2.75) is 57.8 Å². The first-order valence-electron chi connectivity index (χ1n) is 15.8. The third-order valence-corrected chi connectivity index (χ3v) is 9.24. The van der Waals surface area contributed by atoms with Crippen molar-refractivity contribution in [2.24, 2.45) is 0 Å². The number of amides is 2. The molecule has 0 radical (unpaired) electrons. The van der Waals surface area contributed by atoms with Gasteiger partial charge in [0.2, 0.25) is 11.9 Å². The van der Waals surface area contributed by atoms with Crippen molar-refractivity contribution in [3.8, 4) is 11.3 Å². The number of halogens is 1. The number of nitrogens with one attached hydrogen (secondary N) is 2. The van der Waals surface area contributed by atoms with Crippen molar-refractivity contribution in [1.82, 2.24) is 30.1 Å². The summed E-state index contributed by atoms with van der Waals surface area (Å²) in [5.74, 6) is 0.996. The zero-order valence-corrected chi connectivity index (χ0v) is 26.9. The molecule has 3 aromatic rings. The quantitative estimate of drug-likeness (QED) is 0.378. The molecule has 3 aliphatic heterocycles. The van der Waals surface area contributed by atoms with Crippen molar-refractivity contribution in [3.63, 3.8) is 0 Å². The molecule has 0 saturated carbocycles. The Balaban J connectivity index is 1.11. The average Bonchev–Trinajstić information content (AvgIpc) is 3.22. The topological polar surface area (TPSA) is 116 Å². The Morgan fingerprint density at radius 2 is 1.89 bits per heavy atom. The fourth-order valence-electron chi connectivity index (χ4n) is 6.13. The Bertz CT molecular complexity index is 1550. The van der Waals surface area contributed by atoms with Crippen LogP contribution in [0.2, 0.25) is 5.02 Å². The number of hydrogen-bond donors (Lipinski definition) is 2. The lowest BCUT2D eigenvalue weighted by Gasteiger charge is -2.26. The van der Waals surface area contributed by atoms with Crippen molar-refractivity contribution in [2.75, 3.05) is 56.7 Å². The molecule has 2 unspecified atom stereocenters. The standard InChI is InChI=1S/C33H41ClN8O3/c1-21(28-6-4-7-29(38-28)41-13-5-12-40(3)14-15-41)36-31(43)22(2)42-20-24-9-8-23(18-26(24)32(42)44)30-27(34)19-35-33(39-30)37-25-10-16-45-17-11-25/h4,6-9,18-19,21-22,25H,5,10-17,20H2,1-3H3,(H,36,43)(H,35,37,39). The minimum absolute atomic E-state index is 0.195. The van der Waals surface area contributed by atoms with E-state index in [1.807, 2.05) is 43.3 Å². The van der Waals surface area contributed by atoms with Crippen LogP contribution in [0.25, 0.3) is 11.3 Å². The third-order valence-electron chi connectivity index (χ3n) is 8.96. The molecule has 2 saturated heterocycles. The van der Waals surface area contributed by atoms with E-state index in [1.165, 1.54) is 0 Å². The summed E-state index contributed by atoms with van der Waals surface area (Å²) in [6, 6.07) is 10.8. The molecule has 2 amide bonds. The van der Waals surface area contributed by atoms with Gasteiger partial charge in [0.15, 0.2) is 0 Å². The van der Waals surface area contributed by atoms with E-state index in [0.717, 1.165) is 68.1 Å². The van der Waals surface area contributed by atoms with E-state index in [9.17, 15) is 9.59 Å². The number of hydrogen-bond acceptors (Lipinski definition) is 9. The Morgan fingerprint density at radius 1 is 1.07 bits per heavy atom. The van der Waals surface area contributed by atoms with Crippen molar-refractivity contribution >= 4 is 35.2 Å². The lowest BCUT2D eigenvalue weighted by Crippen LogP contribution is -2.46. The van der Waals surface area contributed by atoms with Crippen LogP contribution < -0.4 is 15.5 Å². The van der Waals surface area contributed by atoms with Crippen molar-refractivity contribution < 1.29 is 14.3 Å². The van der Waals surface area contributed by atoms with E-state index in [-0.39, 0.29) is 23.9 Å². The molecule has 2 atom stereocenters. The average molecular weight is 633 g/mol. The van der Waals surface area contributed by atoms with Gasteiger partial charge in [-0.3, -0.25) is 9.59 Å². The summed E-state index contributed by atoms with van der Waals surface area (Å²) in [5.41, 5.74) is 3.47. The normalized spacial score (nSPS) is 19.2. The molecule has 2 fully saturated rings. The fourth-order valence-corrected chi connectivity index (χ4v) is 6.33. The van der Waals surface area contributed by atoms with Gasteiger partial charge in [0.1, 0.15) is 11.9 Å². The molecule has 2 N–H and O–H groups in total. The van der Waals surface area contributed by atoms with E-state index in [0.29, 0.717) is 42.0 Å². The van der Waals surface area contributed by atoms with Gasteiger partial charge in [0, 0.05) is 56.6 Å². The Morgan fingerprint density at radius 3 is 2.71 bits per heavy atom. The van der Waals surface area contributed by atoms with Crippen LogP contribution in [0, 0.1) is 0 Å². The molecule has 12 heteroatoms. The van der Waals surface area contributed by atoms with Crippen LogP contribution in [0.15, 0.2) is 42.6 Å². The van der Waals surface area contributed by atoms with Gasteiger partial charge in [-0.25, -0.2) is 15.0 Å². The number of ether oxygens (including phenoxy) is 1. The minimum Gasteiger partial charge on any atom is -0.381 e. The molecular formula is C33H41ClN8O3. The van der Waals surface area contributed by atoms with E-state index in [2.05, 4.69) is 37.4 Å². The van der Waals surface area contributed by atoms with Gasteiger partial charge in [-0.2, -0.15) is 0 Å². The molecule has 1 aromatic carbocycles. The zero-order chi connectivity index (χ0) is 31.5. The Hall–Kier alpha value is -3.80. The maximum absolute atomic E-state index is 13.6. The highest BCUT2D eigenvalue weighted by Gasteiger charge is 2.35. The monoisotopic (exact) mass is 632 g/mol. The maximum Gasteiger partial charge on any atom is 0.255 e. The number of carbonyl (C=O) groups is 2. The molecule has 0 bridgehead atoms. The molecule has 2 aromatic heterocycles. The number of fused-ring (bicyclic) bond motifs is 1. The van der Waals surface area contributed by atoms with E-state index in [4.69, 9.17) is 21.3 Å². The first kappa shape index (κ1) is 31.2. The second kappa shape index (κ2) is 13.7. The predicted molar refractivity (Wildman–Crippen MR) is 174 cm³/mol. The van der Waals surface area contributed by atoms with Gasteiger partial charge in [-0.1, -0.05) is 29.8 Å². The van der Waals surface area contributed by atoms with Crippen LogP contribution in [0.5, 0.6) is 0 Å². The number of anilines is 2. The maximum atomic E-state index is 13.6. The molecule has 3 aliphatic rings. The highest BCUT2D eigenvalue weighted by atomic mass is 35.5. The van der Waals surface area contributed by atoms with Crippen molar-refractivity contribution in [1.29, 1.82) is 0 Å². The lowest BCUT2D eigenvalue weighted by atomic mass is 10.0. The first-order valence-corrected chi connectivity index (χ1v) is 16.2. The smallest absolute Gasteiger partial charge is 0.255 e. The summed E-state index contributed by atoms with van der Waals surface area (Å²) >= 11 is 6.52. The van der Waals surface area contributed by atoms with Gasteiger partial charge in [-0.15, -0.1) is 0 Å². The van der Waals surface area contributed by atoms with Crippen LogP contribution >= 0.6 is 11.6 Å². The summed E-state index contributed by atoms with van der Waals surface area (Å²) in [6.45, 7) is 9.39. The van der Waals surface area contributed by atoms with Gasteiger partial charge in [-0.05, 0) is 70.5 Å². The molecule has 0 spiro atoms. The van der Waals surface area contributed by atoms with Crippen LogP contribution in [-0.2, 0) is 16.1 Å². The molecule has 11 nitrogen and oxygen atoms in total. The number of nitrogens with zero attached hydrogens (tertiary/aromatic N) is 6. The molecular weight excluding hydrogens is 592 g/mol. The molecule has 6 rings (SSSR count). The summed E-state index contributed by atoms with van der Waals surface area (Å²) in [4.78, 5) is 47.2. The highest BCUT2D eigenvalue weighted by molar-refractivity contribution is 6.33. The summed E-state index contributed by atoms with van der Waals surface area (Å²) < 4.78 is 5.44. The summed E-state index contributed by atoms with van der Waals surface area (Å²) in [5, 5.41) is 6.86. The highest BCUT2D eigenvalue weighted by Crippen LogP contribution is 2.32. The van der Waals surface area contributed by atoms with E-state index < -0.39 is 6.04 Å². The van der Waals surface area contributed by atoms with Gasteiger partial charge < -0.3 is 30.1 Å². The minimum atomic E-state index is -0.668. The Kier molecular flexibility index (Phi) is 9.48. The Labute approximate surface area is 269 Å². The summed E-state index contributed by atoms with van der Waals surface area (Å²) in [6.07, 6.45) is 4.43. The number of aromatic nitrogens is 3. The SMILES string of the molecule is CC(NC(=O)C(C)N1Cc2ccc(-c3nc(NC4CCOCC4)ncc3Cl)cc2C1=O)c1cccc(N2CCCN(C)CC2)n1. The molecule has 238 valence electrons. The van der Waals surface area contributed by atoms with E-state index in [1.54, 1.807) is 18.0 Å². The largest absolute Gasteiger partial charge is 0.381 e. The van der Waals surface area contributed by atoms with Gasteiger partial charge in [0.05, 0.1) is 28.6 Å².